The maximum Gasteiger partial charge on any atom is 0.277 e. The summed E-state index contributed by atoms with van der Waals surface area (Å²) in [5, 5.41) is 4.13. The highest BCUT2D eigenvalue weighted by Gasteiger charge is 2.30. The number of anilines is 1. The van der Waals surface area contributed by atoms with Crippen molar-refractivity contribution in [2.24, 2.45) is 12.0 Å². The molecule has 2 aromatic heterocycles. The first-order valence-corrected chi connectivity index (χ1v) is 8.07. The van der Waals surface area contributed by atoms with E-state index in [1.165, 1.54) is 12.4 Å². The van der Waals surface area contributed by atoms with Gasteiger partial charge in [0.2, 0.25) is 0 Å². The first kappa shape index (κ1) is 16.6. The van der Waals surface area contributed by atoms with Gasteiger partial charge in [-0.05, 0) is 34.0 Å². The molecule has 0 fully saturated rings. The fraction of sp³-hybridized carbons (Fsp3) is 0.333. The number of aliphatic imine (C=N–C) groups is 1. The minimum absolute atomic E-state index is 0.0945. The van der Waals surface area contributed by atoms with Crippen molar-refractivity contribution in [3.63, 3.8) is 0 Å². The zero-order chi connectivity index (χ0) is 17.4. The van der Waals surface area contributed by atoms with Gasteiger partial charge < -0.3 is 9.80 Å². The molecule has 0 radical (unpaired) electrons. The van der Waals surface area contributed by atoms with Crippen LogP contribution in [0.2, 0.25) is 0 Å². The lowest BCUT2D eigenvalue weighted by Gasteiger charge is -2.27. The number of carbonyl (C=O) groups is 1. The molecule has 3 heterocycles. The second-order valence-electron chi connectivity index (χ2n) is 5.66. The predicted molar refractivity (Wildman–Crippen MR) is 92.3 cm³/mol. The second-order valence-corrected chi connectivity index (χ2v) is 6.41. The number of hydrogen-bond acceptors (Lipinski definition) is 4. The lowest BCUT2D eigenvalue weighted by Crippen LogP contribution is -2.38. The molecule has 0 atom stereocenters. The average Bonchev–Trinajstić information content (AvgIpc) is 2.86. The highest BCUT2D eigenvalue weighted by molar-refractivity contribution is 9.10. The molecular weight excluding hydrogens is 379 g/mol. The van der Waals surface area contributed by atoms with Crippen LogP contribution < -0.4 is 4.90 Å². The van der Waals surface area contributed by atoms with E-state index in [-0.39, 0.29) is 17.4 Å². The summed E-state index contributed by atoms with van der Waals surface area (Å²) in [5.74, 6) is -0.912. The summed E-state index contributed by atoms with van der Waals surface area (Å²) in [6.45, 7) is 0.442. The van der Waals surface area contributed by atoms with E-state index in [9.17, 15) is 9.18 Å². The number of aromatic nitrogens is 3. The predicted octanol–water partition coefficient (Wildman–Crippen LogP) is 2.14. The molecular formula is C15H16BrFN6O. The third-order valence-corrected chi connectivity index (χ3v) is 4.56. The Kier molecular flexibility index (Phi) is 4.35. The molecule has 1 aliphatic heterocycles. The maximum atomic E-state index is 14.1. The fourth-order valence-corrected chi connectivity index (χ4v) is 2.84. The molecule has 0 saturated carbocycles. The van der Waals surface area contributed by atoms with Crippen LogP contribution in [-0.4, -0.2) is 52.6 Å². The molecule has 24 heavy (non-hydrogen) atoms. The third kappa shape index (κ3) is 2.91. The normalized spacial score (nSPS) is 14.4. The van der Waals surface area contributed by atoms with Gasteiger partial charge in [0.25, 0.3) is 5.91 Å². The first-order valence-electron chi connectivity index (χ1n) is 7.28. The smallest absolute Gasteiger partial charge is 0.277 e. The number of halogens is 2. The van der Waals surface area contributed by atoms with Crippen molar-refractivity contribution in [1.82, 2.24) is 19.7 Å². The Hall–Kier alpha value is -2.29. The van der Waals surface area contributed by atoms with E-state index in [1.54, 1.807) is 41.8 Å². The number of pyridine rings is 1. The Morgan fingerprint density at radius 3 is 2.83 bits per heavy atom. The van der Waals surface area contributed by atoms with Gasteiger partial charge in [-0.2, -0.15) is 5.10 Å². The maximum absolute atomic E-state index is 14.1. The quantitative estimate of drug-likeness (QED) is 0.590. The topological polar surface area (TPSA) is 66.6 Å². The van der Waals surface area contributed by atoms with Gasteiger partial charge in [-0.15, -0.1) is 0 Å². The number of fused-ring (bicyclic) bond motifs is 1. The summed E-state index contributed by atoms with van der Waals surface area (Å²) in [5.41, 5.74) is 1.49. The Morgan fingerprint density at radius 2 is 2.21 bits per heavy atom. The summed E-state index contributed by atoms with van der Waals surface area (Å²) in [7, 11) is 5.32. The zero-order valence-corrected chi connectivity index (χ0v) is 15.1. The molecule has 2 aromatic rings. The van der Waals surface area contributed by atoms with Crippen LogP contribution in [-0.2, 0) is 13.5 Å². The van der Waals surface area contributed by atoms with E-state index in [4.69, 9.17) is 0 Å². The highest BCUT2D eigenvalue weighted by atomic mass is 79.9. The van der Waals surface area contributed by atoms with Crippen LogP contribution in [0.4, 0.5) is 15.9 Å². The Balaban J connectivity index is 2.00. The number of aryl methyl sites for hydroxylation is 1. The van der Waals surface area contributed by atoms with Crippen molar-refractivity contribution in [2.45, 2.75) is 6.42 Å². The van der Waals surface area contributed by atoms with Crippen LogP contribution in [0.15, 0.2) is 21.9 Å². The molecule has 3 rings (SSSR count). The van der Waals surface area contributed by atoms with Gasteiger partial charge in [-0.25, -0.2) is 14.4 Å². The van der Waals surface area contributed by atoms with Crippen LogP contribution in [0.1, 0.15) is 16.1 Å². The van der Waals surface area contributed by atoms with Gasteiger partial charge in [0.15, 0.2) is 11.6 Å². The lowest BCUT2D eigenvalue weighted by molar-refractivity contribution is 0.0975. The Bertz CT molecular complexity index is 832. The molecule has 7 nitrogen and oxygen atoms in total. The average molecular weight is 395 g/mol. The van der Waals surface area contributed by atoms with Gasteiger partial charge >= 0.3 is 0 Å². The van der Waals surface area contributed by atoms with E-state index in [0.29, 0.717) is 28.8 Å². The molecule has 0 N–H and O–H groups in total. The van der Waals surface area contributed by atoms with Crippen LogP contribution >= 0.6 is 15.9 Å². The Morgan fingerprint density at radius 1 is 1.46 bits per heavy atom. The van der Waals surface area contributed by atoms with E-state index >= 15 is 0 Å². The van der Waals surface area contributed by atoms with E-state index in [2.05, 4.69) is 31.0 Å². The van der Waals surface area contributed by atoms with Crippen LogP contribution in [0.3, 0.4) is 0 Å². The number of rotatable bonds is 3. The summed E-state index contributed by atoms with van der Waals surface area (Å²) < 4.78 is 16.4. The number of carbonyl (C=O) groups excluding carboxylic acids is 1. The highest BCUT2D eigenvalue weighted by Crippen LogP contribution is 2.31. The lowest BCUT2D eigenvalue weighted by atomic mass is 10.0. The van der Waals surface area contributed by atoms with Gasteiger partial charge in [-0.3, -0.25) is 9.48 Å². The monoisotopic (exact) mass is 394 g/mol. The largest absolute Gasteiger partial charge is 0.369 e. The molecule has 0 spiro atoms. The minimum Gasteiger partial charge on any atom is -0.369 e. The summed E-state index contributed by atoms with van der Waals surface area (Å²) >= 11 is 3.42. The summed E-state index contributed by atoms with van der Waals surface area (Å²) in [6.07, 6.45) is 3.58. The van der Waals surface area contributed by atoms with Crippen LogP contribution in [0, 0.1) is 5.82 Å². The van der Waals surface area contributed by atoms with Crippen molar-refractivity contribution >= 4 is 39.7 Å². The summed E-state index contributed by atoms with van der Waals surface area (Å²) in [4.78, 5) is 24.2. The molecule has 0 bridgehead atoms. The molecule has 0 saturated heterocycles. The number of nitrogens with zero attached hydrogens (tertiary/aromatic N) is 6. The molecule has 0 aliphatic carbocycles. The molecule has 1 aliphatic rings. The first-order chi connectivity index (χ1) is 11.4. The fourth-order valence-electron chi connectivity index (χ4n) is 2.44. The molecule has 126 valence electrons. The van der Waals surface area contributed by atoms with Gasteiger partial charge in [0, 0.05) is 27.7 Å². The summed E-state index contributed by atoms with van der Waals surface area (Å²) in [6, 6.07) is 1.35. The zero-order valence-electron chi connectivity index (χ0n) is 13.5. The minimum atomic E-state index is -0.532. The van der Waals surface area contributed by atoms with E-state index < -0.39 is 5.82 Å². The third-order valence-electron chi connectivity index (χ3n) is 3.64. The standard InChI is InChI=1S/C15H16BrFN6O/c1-21(2)8-18-14-10(17)6-9-4-5-23(15(24)12(9)20-14)11-7-19-22(3)13(11)16/h6-8H,4-5H2,1-3H3. The van der Waals surface area contributed by atoms with Crippen LogP contribution in [0.5, 0.6) is 0 Å². The van der Waals surface area contributed by atoms with Crippen molar-refractivity contribution in [2.75, 3.05) is 25.5 Å². The SMILES string of the molecule is CN(C)C=Nc1nc2c(cc1F)CCN(c1cnn(C)c1Br)C2=O. The van der Waals surface area contributed by atoms with Gasteiger partial charge in [-0.1, -0.05) is 0 Å². The van der Waals surface area contributed by atoms with Gasteiger partial charge in [0.1, 0.15) is 10.3 Å². The van der Waals surface area contributed by atoms with E-state index in [0.717, 1.165) is 0 Å². The number of hydrogen-bond donors (Lipinski definition) is 0. The molecule has 1 amide bonds. The Labute approximate surface area is 146 Å². The molecule has 9 heteroatoms. The molecule has 0 unspecified atom stereocenters. The second kappa shape index (κ2) is 6.31. The number of amides is 1. The van der Waals surface area contributed by atoms with E-state index in [1.807, 2.05) is 0 Å². The van der Waals surface area contributed by atoms with Crippen molar-refractivity contribution in [1.29, 1.82) is 0 Å². The molecule has 0 aromatic carbocycles. The van der Waals surface area contributed by atoms with Crippen molar-refractivity contribution in [3.8, 4) is 0 Å². The van der Waals surface area contributed by atoms with Crippen LogP contribution in [0.25, 0.3) is 0 Å². The van der Waals surface area contributed by atoms with Crippen molar-refractivity contribution < 1.29 is 9.18 Å². The van der Waals surface area contributed by atoms with Gasteiger partial charge in [0.05, 0.1) is 18.2 Å². The van der Waals surface area contributed by atoms with Crippen molar-refractivity contribution in [3.05, 3.63) is 33.9 Å².